The molecule has 0 aliphatic carbocycles. The van der Waals surface area contributed by atoms with E-state index in [0.29, 0.717) is 12.2 Å². The first-order valence-electron chi connectivity index (χ1n) is 10.4. The van der Waals surface area contributed by atoms with Crippen molar-refractivity contribution in [2.24, 2.45) is 5.92 Å². The molecule has 1 amide bonds. The summed E-state index contributed by atoms with van der Waals surface area (Å²) >= 11 is 0. The normalized spacial score (nSPS) is 17.5. The van der Waals surface area contributed by atoms with E-state index in [1.54, 1.807) is 10.9 Å². The van der Waals surface area contributed by atoms with Gasteiger partial charge in [0.2, 0.25) is 0 Å². The third kappa shape index (κ3) is 4.45. The van der Waals surface area contributed by atoms with Crippen LogP contribution in [0.15, 0.2) is 36.5 Å². The van der Waals surface area contributed by atoms with Crippen molar-refractivity contribution in [3.8, 4) is 5.69 Å². The SMILES string of the molecule is Cc1c(C(=O)NCCCN2CCC[C@H](C)C2)nnn1-c1ccc2ncccc2c1. The Labute approximate surface area is 171 Å². The molecule has 1 aliphatic heterocycles. The smallest absolute Gasteiger partial charge is 0.273 e. The van der Waals surface area contributed by atoms with Gasteiger partial charge in [0.05, 0.1) is 16.9 Å². The standard InChI is InChI=1S/C22H28N6O/c1-16-6-4-12-27(15-16)13-5-11-24-22(29)21-17(2)28(26-25-21)19-8-9-20-18(14-19)7-3-10-23-20/h3,7-10,14,16H,4-6,11-13,15H2,1-2H3,(H,24,29)/t16-/m0/s1. The Balaban J connectivity index is 1.36. The van der Waals surface area contributed by atoms with Crippen LogP contribution in [0.3, 0.4) is 0 Å². The zero-order valence-electron chi connectivity index (χ0n) is 17.1. The highest BCUT2D eigenvalue weighted by Crippen LogP contribution is 2.18. The number of carbonyl (C=O) groups is 1. The van der Waals surface area contributed by atoms with Crippen molar-refractivity contribution < 1.29 is 4.79 Å². The number of nitrogens with zero attached hydrogens (tertiary/aromatic N) is 5. The molecule has 3 aromatic rings. The van der Waals surface area contributed by atoms with Gasteiger partial charge in [-0.05, 0) is 69.5 Å². The molecule has 1 atom stereocenters. The summed E-state index contributed by atoms with van der Waals surface area (Å²) in [5.74, 6) is 0.616. The number of likely N-dealkylation sites (tertiary alicyclic amines) is 1. The van der Waals surface area contributed by atoms with Gasteiger partial charge in [0, 0.05) is 24.7 Å². The topological polar surface area (TPSA) is 75.9 Å². The molecule has 1 N–H and O–H groups in total. The average molecular weight is 393 g/mol. The second-order valence-corrected chi connectivity index (χ2v) is 7.97. The van der Waals surface area contributed by atoms with Crippen molar-refractivity contribution in [2.45, 2.75) is 33.1 Å². The Hall–Kier alpha value is -2.80. The fourth-order valence-corrected chi connectivity index (χ4v) is 4.06. The predicted molar refractivity (Wildman–Crippen MR) is 113 cm³/mol. The van der Waals surface area contributed by atoms with Crippen molar-refractivity contribution in [3.05, 3.63) is 47.9 Å². The van der Waals surface area contributed by atoms with E-state index in [4.69, 9.17) is 0 Å². The molecular formula is C22H28N6O. The summed E-state index contributed by atoms with van der Waals surface area (Å²) in [4.78, 5) is 19.4. The Kier molecular flexibility index (Phi) is 5.85. The van der Waals surface area contributed by atoms with Gasteiger partial charge >= 0.3 is 0 Å². The lowest BCUT2D eigenvalue weighted by atomic mass is 10.0. The van der Waals surface area contributed by atoms with E-state index in [2.05, 4.69) is 32.4 Å². The van der Waals surface area contributed by atoms with Gasteiger partial charge in [-0.25, -0.2) is 4.68 Å². The number of amides is 1. The van der Waals surface area contributed by atoms with E-state index in [1.807, 2.05) is 37.3 Å². The van der Waals surface area contributed by atoms with Crippen LogP contribution in [0, 0.1) is 12.8 Å². The van der Waals surface area contributed by atoms with Gasteiger partial charge < -0.3 is 10.2 Å². The first kappa shape index (κ1) is 19.5. The molecule has 7 heteroatoms. The Bertz CT molecular complexity index is 998. The molecule has 0 saturated carbocycles. The summed E-state index contributed by atoms with van der Waals surface area (Å²) in [6, 6.07) is 9.81. The summed E-state index contributed by atoms with van der Waals surface area (Å²) in [6.07, 6.45) is 5.33. The predicted octanol–water partition coefficient (Wildman–Crippen LogP) is 2.98. The minimum absolute atomic E-state index is 0.164. The van der Waals surface area contributed by atoms with Crippen LogP contribution in [-0.4, -0.2) is 57.0 Å². The number of fused-ring (bicyclic) bond motifs is 1. The maximum absolute atomic E-state index is 12.6. The van der Waals surface area contributed by atoms with Gasteiger partial charge in [-0.15, -0.1) is 5.10 Å². The first-order valence-corrected chi connectivity index (χ1v) is 10.4. The number of pyridine rings is 1. The van der Waals surface area contributed by atoms with Crippen LogP contribution in [0.25, 0.3) is 16.6 Å². The first-order chi connectivity index (χ1) is 14.1. The summed E-state index contributed by atoms with van der Waals surface area (Å²) in [7, 11) is 0. The number of hydrogen-bond donors (Lipinski definition) is 1. The van der Waals surface area contributed by atoms with Crippen LogP contribution in [0.4, 0.5) is 0 Å². The van der Waals surface area contributed by atoms with Crippen molar-refractivity contribution in [3.63, 3.8) is 0 Å². The van der Waals surface area contributed by atoms with Crippen LogP contribution < -0.4 is 5.32 Å². The Morgan fingerprint density at radius 3 is 3.07 bits per heavy atom. The van der Waals surface area contributed by atoms with Gasteiger partial charge in [0.25, 0.3) is 5.91 Å². The molecule has 1 aromatic carbocycles. The summed E-state index contributed by atoms with van der Waals surface area (Å²) in [5.41, 5.74) is 2.90. The molecule has 1 saturated heterocycles. The lowest BCUT2D eigenvalue weighted by molar-refractivity contribution is 0.0944. The molecule has 0 unspecified atom stereocenters. The summed E-state index contributed by atoms with van der Waals surface area (Å²) in [6.45, 7) is 8.21. The van der Waals surface area contributed by atoms with E-state index in [-0.39, 0.29) is 5.91 Å². The van der Waals surface area contributed by atoms with E-state index in [9.17, 15) is 4.79 Å². The molecule has 3 heterocycles. The number of piperidine rings is 1. The van der Waals surface area contributed by atoms with Crippen LogP contribution in [0.1, 0.15) is 42.4 Å². The zero-order chi connectivity index (χ0) is 20.2. The van der Waals surface area contributed by atoms with E-state index >= 15 is 0 Å². The number of rotatable bonds is 6. The lowest BCUT2D eigenvalue weighted by Crippen LogP contribution is -2.36. The van der Waals surface area contributed by atoms with Gasteiger partial charge in [0.1, 0.15) is 0 Å². The monoisotopic (exact) mass is 392 g/mol. The molecule has 0 radical (unpaired) electrons. The third-order valence-electron chi connectivity index (χ3n) is 5.62. The van der Waals surface area contributed by atoms with Crippen LogP contribution in [0.2, 0.25) is 0 Å². The fraction of sp³-hybridized carbons (Fsp3) is 0.455. The molecule has 4 rings (SSSR count). The largest absolute Gasteiger partial charge is 0.351 e. The number of carbonyl (C=O) groups excluding carboxylic acids is 1. The van der Waals surface area contributed by atoms with Crippen molar-refractivity contribution >= 4 is 16.8 Å². The average Bonchev–Trinajstić information content (AvgIpc) is 3.12. The quantitative estimate of drug-likeness (QED) is 0.653. The van der Waals surface area contributed by atoms with Crippen molar-refractivity contribution in [1.29, 1.82) is 0 Å². The van der Waals surface area contributed by atoms with Gasteiger partial charge in [-0.1, -0.05) is 18.2 Å². The molecule has 7 nitrogen and oxygen atoms in total. The van der Waals surface area contributed by atoms with E-state index in [1.165, 1.54) is 25.9 Å². The number of aromatic nitrogens is 4. The molecule has 1 fully saturated rings. The van der Waals surface area contributed by atoms with Crippen LogP contribution in [-0.2, 0) is 0 Å². The maximum Gasteiger partial charge on any atom is 0.273 e. The molecule has 0 spiro atoms. The summed E-state index contributed by atoms with van der Waals surface area (Å²) in [5, 5.41) is 12.3. The van der Waals surface area contributed by atoms with Crippen molar-refractivity contribution in [2.75, 3.05) is 26.2 Å². The highest BCUT2D eigenvalue weighted by molar-refractivity contribution is 5.93. The number of nitrogens with one attached hydrogen (secondary N) is 1. The Morgan fingerprint density at radius 1 is 1.31 bits per heavy atom. The zero-order valence-corrected chi connectivity index (χ0v) is 17.1. The highest BCUT2D eigenvalue weighted by Gasteiger charge is 2.18. The second-order valence-electron chi connectivity index (χ2n) is 7.97. The van der Waals surface area contributed by atoms with Gasteiger partial charge in [-0.2, -0.15) is 0 Å². The molecule has 152 valence electrons. The molecule has 1 aliphatic rings. The highest BCUT2D eigenvalue weighted by atomic mass is 16.2. The minimum Gasteiger partial charge on any atom is -0.351 e. The van der Waals surface area contributed by atoms with E-state index < -0.39 is 0 Å². The van der Waals surface area contributed by atoms with Crippen LogP contribution >= 0.6 is 0 Å². The lowest BCUT2D eigenvalue weighted by Gasteiger charge is -2.30. The molecule has 2 aromatic heterocycles. The molecular weight excluding hydrogens is 364 g/mol. The Morgan fingerprint density at radius 2 is 2.21 bits per heavy atom. The van der Waals surface area contributed by atoms with Crippen molar-refractivity contribution in [1.82, 2.24) is 30.2 Å². The minimum atomic E-state index is -0.164. The van der Waals surface area contributed by atoms with Crippen LogP contribution in [0.5, 0.6) is 0 Å². The number of benzene rings is 1. The molecule has 29 heavy (non-hydrogen) atoms. The van der Waals surface area contributed by atoms with Gasteiger partial charge in [-0.3, -0.25) is 9.78 Å². The second kappa shape index (κ2) is 8.69. The fourth-order valence-electron chi connectivity index (χ4n) is 4.06. The van der Waals surface area contributed by atoms with Gasteiger partial charge in [0.15, 0.2) is 5.69 Å². The van der Waals surface area contributed by atoms with E-state index in [0.717, 1.165) is 41.2 Å². The summed E-state index contributed by atoms with van der Waals surface area (Å²) < 4.78 is 1.70. The number of hydrogen-bond acceptors (Lipinski definition) is 5. The maximum atomic E-state index is 12.6. The molecule has 0 bridgehead atoms. The third-order valence-corrected chi connectivity index (χ3v) is 5.62.